The minimum atomic E-state index is -5.14. The molecule has 0 spiro atoms. The van der Waals surface area contributed by atoms with E-state index in [1.54, 1.807) is 0 Å². The van der Waals surface area contributed by atoms with Crippen molar-refractivity contribution in [1.82, 2.24) is 0 Å². The quantitative estimate of drug-likeness (QED) is 0.0807. The van der Waals surface area contributed by atoms with E-state index >= 15 is 0 Å². The Balaban J connectivity index is 1.29. The lowest BCUT2D eigenvalue weighted by atomic mass is 10.1. The van der Waals surface area contributed by atoms with Crippen molar-refractivity contribution in [3.05, 3.63) is 133 Å². The number of ether oxygens (including phenoxy) is 3. The number of aromatic hydroxyl groups is 1. The molecule has 7 rings (SSSR count). The molecule has 0 unspecified atom stereocenters. The van der Waals surface area contributed by atoms with Gasteiger partial charge in [0.1, 0.15) is 34.1 Å². The average Bonchev–Trinajstić information content (AvgIpc) is 3.79. The normalized spacial score (nSPS) is 15.8. The SMILES string of the molecule is C=C1C=CC(=O)N1c1ccc(Oc2cc(Oc3ccc(N4C(=O)C=CC4=O)cc3C(F)(F)F)cc(Oc3cc[n+](C4C(=O)C=CC4=O)cc3)c2O)c(C(F)(F)F)c1. The fraction of sp³-hybridized carbons (Fsp3) is 0.0769. The number of carbonyl (C=O) groups excluding carboxylic acids is 5. The van der Waals surface area contributed by atoms with Crippen molar-refractivity contribution in [2.24, 2.45) is 0 Å². The number of benzene rings is 3. The molecule has 57 heavy (non-hydrogen) atoms. The van der Waals surface area contributed by atoms with Crippen LogP contribution in [0.5, 0.6) is 40.2 Å². The van der Waals surface area contributed by atoms with E-state index in [0.29, 0.717) is 17.0 Å². The number of ketones is 2. The van der Waals surface area contributed by atoms with E-state index in [-0.39, 0.29) is 17.1 Å². The zero-order valence-corrected chi connectivity index (χ0v) is 28.5. The molecule has 3 amide bonds. The molecule has 288 valence electrons. The van der Waals surface area contributed by atoms with Crippen LogP contribution in [-0.4, -0.2) is 34.4 Å². The van der Waals surface area contributed by atoms with Crippen molar-refractivity contribution >= 4 is 40.7 Å². The zero-order valence-electron chi connectivity index (χ0n) is 28.5. The lowest BCUT2D eigenvalue weighted by molar-refractivity contribution is -0.694. The average molecular weight is 791 g/mol. The summed E-state index contributed by atoms with van der Waals surface area (Å²) in [4.78, 5) is 62.4. The van der Waals surface area contributed by atoms with E-state index in [1.807, 2.05) is 0 Å². The molecule has 12 nitrogen and oxygen atoms in total. The fourth-order valence-electron chi connectivity index (χ4n) is 5.93. The topological polar surface area (TPSA) is 144 Å². The molecule has 1 N–H and O–H groups in total. The first-order chi connectivity index (χ1) is 26.9. The third kappa shape index (κ3) is 7.34. The molecule has 3 aliphatic rings. The molecule has 2 aliphatic heterocycles. The molecule has 3 heterocycles. The number of carbonyl (C=O) groups is 5. The summed E-state index contributed by atoms with van der Waals surface area (Å²) in [6.07, 6.45) is -1.34. The minimum Gasteiger partial charge on any atom is -0.502 e. The van der Waals surface area contributed by atoms with E-state index < -0.39 is 99.0 Å². The number of halogens is 6. The zero-order chi connectivity index (χ0) is 41.0. The Kier molecular flexibility index (Phi) is 9.27. The maximum absolute atomic E-state index is 14.5. The van der Waals surface area contributed by atoms with Gasteiger partial charge in [-0.2, -0.15) is 30.9 Å². The summed E-state index contributed by atoms with van der Waals surface area (Å²) in [7, 11) is 0. The van der Waals surface area contributed by atoms with Crippen molar-refractivity contribution in [2.45, 2.75) is 18.4 Å². The standard InChI is InChI=1S/C39H21F6N3O9/c1-20-2-9-33(51)47(20)21-3-8-30(26(16-21)39(43,44)45)57-32-19-24(56-29-7-4-22(17-25(29)38(40,41)42)48-34(52)10-11-35(48)53)18-31(37(32)54)55-23-12-14-46(15-13-23)36-27(49)5-6-28(36)50/h2-19,36H,1H2/p+1. The summed E-state index contributed by atoms with van der Waals surface area (Å²) in [5.74, 6) is -8.27. The van der Waals surface area contributed by atoms with Crippen LogP contribution in [0.3, 0.4) is 0 Å². The van der Waals surface area contributed by atoms with Gasteiger partial charge in [0.15, 0.2) is 23.9 Å². The van der Waals surface area contributed by atoms with Crippen LogP contribution in [0.15, 0.2) is 122 Å². The molecular weight excluding hydrogens is 768 g/mol. The van der Waals surface area contributed by atoms with Crippen LogP contribution in [0.4, 0.5) is 37.7 Å². The third-order valence-corrected chi connectivity index (χ3v) is 8.55. The number of amides is 3. The predicted octanol–water partition coefficient (Wildman–Crippen LogP) is 7.19. The van der Waals surface area contributed by atoms with Crippen LogP contribution in [0.1, 0.15) is 17.2 Å². The Hall–Kier alpha value is -7.50. The highest BCUT2D eigenvalue weighted by Gasteiger charge is 2.39. The number of pyridine rings is 1. The molecule has 0 atom stereocenters. The number of phenols is 1. The molecule has 4 aromatic rings. The summed E-state index contributed by atoms with van der Waals surface area (Å²) in [6.45, 7) is 3.63. The molecule has 3 aromatic carbocycles. The van der Waals surface area contributed by atoms with Crippen molar-refractivity contribution in [1.29, 1.82) is 0 Å². The number of aromatic nitrogens is 1. The fourth-order valence-corrected chi connectivity index (χ4v) is 5.93. The van der Waals surface area contributed by atoms with Gasteiger partial charge in [-0.25, -0.2) is 4.90 Å². The number of hydrogen-bond acceptors (Lipinski definition) is 9. The number of nitrogens with zero attached hydrogens (tertiary/aromatic N) is 3. The Morgan fingerprint density at radius 1 is 0.561 bits per heavy atom. The monoisotopic (exact) mass is 790 g/mol. The molecule has 1 aliphatic carbocycles. The summed E-state index contributed by atoms with van der Waals surface area (Å²) >= 11 is 0. The first kappa shape index (κ1) is 37.8. The number of imide groups is 1. The number of anilines is 2. The maximum Gasteiger partial charge on any atom is 0.420 e. The van der Waals surface area contributed by atoms with Gasteiger partial charge in [0.05, 0.1) is 11.4 Å². The Morgan fingerprint density at radius 2 is 1.02 bits per heavy atom. The predicted molar refractivity (Wildman–Crippen MR) is 183 cm³/mol. The van der Waals surface area contributed by atoms with E-state index in [4.69, 9.17) is 14.2 Å². The van der Waals surface area contributed by atoms with Gasteiger partial charge in [0, 0.05) is 48.2 Å². The molecule has 0 radical (unpaired) electrons. The van der Waals surface area contributed by atoms with E-state index in [1.165, 1.54) is 35.2 Å². The highest BCUT2D eigenvalue weighted by molar-refractivity contribution is 6.28. The van der Waals surface area contributed by atoms with Gasteiger partial charge < -0.3 is 19.3 Å². The largest absolute Gasteiger partial charge is 0.502 e. The van der Waals surface area contributed by atoms with E-state index in [9.17, 15) is 55.4 Å². The van der Waals surface area contributed by atoms with Crippen molar-refractivity contribution in [3.8, 4) is 40.2 Å². The summed E-state index contributed by atoms with van der Waals surface area (Å²) in [5.41, 5.74) is -3.48. The Bertz CT molecular complexity index is 2470. The summed E-state index contributed by atoms with van der Waals surface area (Å²) in [6, 6.07) is 7.82. The molecule has 0 bridgehead atoms. The minimum absolute atomic E-state index is 0.0807. The smallest absolute Gasteiger partial charge is 0.420 e. The molecule has 0 fully saturated rings. The highest BCUT2D eigenvalue weighted by atomic mass is 19.4. The van der Waals surface area contributed by atoms with E-state index in [2.05, 4.69) is 6.58 Å². The van der Waals surface area contributed by atoms with Gasteiger partial charge in [-0.1, -0.05) is 6.58 Å². The Labute approximate surface area is 316 Å². The number of phenolic OH excluding ortho intramolecular Hbond substituents is 1. The lowest BCUT2D eigenvalue weighted by Gasteiger charge is -2.22. The summed E-state index contributed by atoms with van der Waals surface area (Å²) < 4.78 is 105. The molecule has 1 aromatic heterocycles. The third-order valence-electron chi connectivity index (χ3n) is 8.55. The van der Waals surface area contributed by atoms with Crippen molar-refractivity contribution < 1.29 is 74.2 Å². The van der Waals surface area contributed by atoms with Crippen LogP contribution >= 0.6 is 0 Å². The van der Waals surface area contributed by atoms with Gasteiger partial charge >= 0.3 is 12.4 Å². The van der Waals surface area contributed by atoms with Gasteiger partial charge in [0.25, 0.3) is 23.8 Å². The van der Waals surface area contributed by atoms with Crippen LogP contribution in [-0.2, 0) is 36.3 Å². The number of hydrogen-bond donors (Lipinski definition) is 1. The van der Waals surface area contributed by atoms with Gasteiger partial charge in [-0.05, 0) is 54.6 Å². The van der Waals surface area contributed by atoms with Crippen molar-refractivity contribution in [3.63, 3.8) is 0 Å². The number of rotatable bonds is 9. The maximum atomic E-state index is 14.5. The Morgan fingerprint density at radius 3 is 1.53 bits per heavy atom. The first-order valence-corrected chi connectivity index (χ1v) is 16.3. The second kappa shape index (κ2) is 14.0. The number of allylic oxidation sites excluding steroid dienone is 3. The van der Waals surface area contributed by atoms with Gasteiger partial charge in [-0.15, -0.1) is 0 Å². The lowest BCUT2D eigenvalue weighted by Crippen LogP contribution is -2.44. The van der Waals surface area contributed by atoms with Crippen LogP contribution in [0.25, 0.3) is 0 Å². The second-order valence-corrected chi connectivity index (χ2v) is 12.3. The molecule has 18 heteroatoms. The van der Waals surface area contributed by atoms with Crippen LogP contribution in [0.2, 0.25) is 0 Å². The highest BCUT2D eigenvalue weighted by Crippen LogP contribution is 2.49. The van der Waals surface area contributed by atoms with Crippen LogP contribution < -0.4 is 28.6 Å². The molecule has 0 saturated heterocycles. The molecule has 0 saturated carbocycles. The first-order valence-electron chi connectivity index (χ1n) is 16.3. The second-order valence-electron chi connectivity index (χ2n) is 12.3. The van der Waals surface area contributed by atoms with Gasteiger partial charge in [-0.3, -0.25) is 28.9 Å². The number of alkyl halides is 6. The molecular formula is C39H22F6N3O9+. The van der Waals surface area contributed by atoms with Gasteiger partial charge in [0.2, 0.25) is 17.3 Å². The van der Waals surface area contributed by atoms with Crippen LogP contribution in [0, 0.1) is 0 Å². The van der Waals surface area contributed by atoms with Crippen molar-refractivity contribution in [2.75, 3.05) is 9.80 Å². The van der Waals surface area contributed by atoms with E-state index in [0.717, 1.165) is 71.7 Å². The summed E-state index contributed by atoms with van der Waals surface area (Å²) in [5, 5.41) is 11.3.